The molecule has 1 amide bonds. The van der Waals surface area contributed by atoms with Gasteiger partial charge in [-0.05, 0) is 43.4 Å². The quantitative estimate of drug-likeness (QED) is 0.856. The molecular weight excluding hydrogens is 324 g/mol. The number of hydrogen-bond donors (Lipinski definition) is 1. The lowest BCUT2D eigenvalue weighted by atomic mass is 9.89. The predicted octanol–water partition coefficient (Wildman–Crippen LogP) is 2.95. The normalized spacial score (nSPS) is 16.1. The van der Waals surface area contributed by atoms with E-state index in [-0.39, 0.29) is 10.8 Å². The molecule has 0 unspecified atom stereocenters. The number of rotatable bonds is 6. The van der Waals surface area contributed by atoms with Gasteiger partial charge in [-0.25, -0.2) is 13.1 Å². The predicted molar refractivity (Wildman–Crippen MR) is 95.6 cm³/mol. The lowest BCUT2D eigenvalue weighted by Gasteiger charge is -2.27. The van der Waals surface area contributed by atoms with Crippen molar-refractivity contribution in [3.8, 4) is 0 Å². The van der Waals surface area contributed by atoms with E-state index in [1.807, 2.05) is 14.0 Å². The van der Waals surface area contributed by atoms with Crippen LogP contribution >= 0.6 is 0 Å². The van der Waals surface area contributed by atoms with Gasteiger partial charge in [-0.15, -0.1) is 0 Å². The SMILES string of the molecule is CCNS(=O)(=O)c1ccc(C)c(C(=O)N(C)CC2CCCCC2)c1. The van der Waals surface area contributed by atoms with Crippen LogP contribution in [0.5, 0.6) is 0 Å². The Kier molecular flexibility index (Phi) is 6.40. The van der Waals surface area contributed by atoms with E-state index in [2.05, 4.69) is 4.72 Å². The van der Waals surface area contributed by atoms with E-state index in [0.717, 1.165) is 12.1 Å². The fraction of sp³-hybridized carbons (Fsp3) is 0.611. The van der Waals surface area contributed by atoms with Crippen LogP contribution in [-0.2, 0) is 10.0 Å². The molecule has 24 heavy (non-hydrogen) atoms. The van der Waals surface area contributed by atoms with Crippen molar-refractivity contribution >= 4 is 15.9 Å². The minimum atomic E-state index is -3.56. The molecule has 0 saturated heterocycles. The Hall–Kier alpha value is -1.40. The zero-order valence-corrected chi connectivity index (χ0v) is 15.7. The van der Waals surface area contributed by atoms with Crippen LogP contribution in [0.4, 0.5) is 0 Å². The van der Waals surface area contributed by atoms with Crippen molar-refractivity contribution in [1.29, 1.82) is 0 Å². The smallest absolute Gasteiger partial charge is 0.253 e. The molecule has 1 aromatic rings. The van der Waals surface area contributed by atoms with Crippen LogP contribution in [0.25, 0.3) is 0 Å². The zero-order chi connectivity index (χ0) is 17.7. The van der Waals surface area contributed by atoms with Crippen LogP contribution in [0.1, 0.15) is 54.9 Å². The number of nitrogens with zero attached hydrogens (tertiary/aromatic N) is 1. The van der Waals surface area contributed by atoms with Crippen molar-refractivity contribution in [2.45, 2.75) is 50.8 Å². The lowest BCUT2D eigenvalue weighted by Crippen LogP contribution is -2.33. The standard InChI is InChI=1S/C18H28N2O3S/c1-4-19-24(22,23)16-11-10-14(2)17(12-16)18(21)20(3)13-15-8-6-5-7-9-15/h10-12,15,19H,4-9,13H2,1-3H3. The van der Waals surface area contributed by atoms with E-state index >= 15 is 0 Å². The van der Waals surface area contributed by atoms with E-state index in [0.29, 0.717) is 18.0 Å². The molecule has 1 aromatic carbocycles. The van der Waals surface area contributed by atoms with Gasteiger partial charge in [0.05, 0.1) is 4.90 Å². The minimum absolute atomic E-state index is 0.105. The van der Waals surface area contributed by atoms with E-state index in [4.69, 9.17) is 0 Å². The fourth-order valence-corrected chi connectivity index (χ4v) is 4.38. The Morgan fingerprint density at radius 1 is 1.25 bits per heavy atom. The zero-order valence-electron chi connectivity index (χ0n) is 14.8. The Balaban J connectivity index is 2.18. The molecular formula is C18H28N2O3S. The molecule has 1 fully saturated rings. The maximum absolute atomic E-state index is 12.8. The second kappa shape index (κ2) is 8.12. The van der Waals surface area contributed by atoms with Crippen molar-refractivity contribution < 1.29 is 13.2 Å². The van der Waals surface area contributed by atoms with Crippen LogP contribution in [-0.4, -0.2) is 39.4 Å². The van der Waals surface area contributed by atoms with E-state index in [9.17, 15) is 13.2 Å². The number of nitrogens with one attached hydrogen (secondary N) is 1. The summed E-state index contributed by atoms with van der Waals surface area (Å²) in [4.78, 5) is 14.7. The molecule has 0 heterocycles. The highest BCUT2D eigenvalue weighted by molar-refractivity contribution is 7.89. The first-order chi connectivity index (χ1) is 11.3. The summed E-state index contributed by atoms with van der Waals surface area (Å²) in [5.74, 6) is 0.452. The van der Waals surface area contributed by atoms with Crippen LogP contribution in [0.3, 0.4) is 0 Å². The average Bonchev–Trinajstić information content (AvgIpc) is 2.55. The van der Waals surface area contributed by atoms with Gasteiger partial charge in [0.2, 0.25) is 10.0 Å². The van der Waals surface area contributed by atoms with Gasteiger partial charge in [-0.3, -0.25) is 4.79 Å². The third kappa shape index (κ3) is 4.57. The van der Waals surface area contributed by atoms with Crippen molar-refractivity contribution in [2.24, 2.45) is 5.92 Å². The number of carbonyl (C=O) groups is 1. The number of hydrogen-bond acceptors (Lipinski definition) is 3. The van der Waals surface area contributed by atoms with Gasteiger partial charge < -0.3 is 4.90 Å². The van der Waals surface area contributed by atoms with Crippen molar-refractivity contribution in [2.75, 3.05) is 20.1 Å². The molecule has 5 nitrogen and oxygen atoms in total. The Morgan fingerprint density at radius 3 is 2.54 bits per heavy atom. The highest BCUT2D eigenvalue weighted by Crippen LogP contribution is 2.25. The second-order valence-electron chi connectivity index (χ2n) is 6.67. The highest BCUT2D eigenvalue weighted by atomic mass is 32.2. The van der Waals surface area contributed by atoms with Gasteiger partial charge in [0.1, 0.15) is 0 Å². The van der Waals surface area contributed by atoms with Gasteiger partial charge >= 0.3 is 0 Å². The second-order valence-corrected chi connectivity index (χ2v) is 8.43. The monoisotopic (exact) mass is 352 g/mol. The van der Waals surface area contributed by atoms with E-state index < -0.39 is 10.0 Å². The van der Waals surface area contributed by atoms with Gasteiger partial charge in [0, 0.05) is 25.7 Å². The maximum atomic E-state index is 12.8. The molecule has 0 atom stereocenters. The minimum Gasteiger partial charge on any atom is -0.341 e. The van der Waals surface area contributed by atoms with Gasteiger partial charge in [-0.2, -0.15) is 0 Å². The molecule has 1 saturated carbocycles. The van der Waals surface area contributed by atoms with Gasteiger partial charge in [0.15, 0.2) is 0 Å². The molecule has 0 radical (unpaired) electrons. The summed E-state index contributed by atoms with van der Waals surface area (Å²) in [6, 6.07) is 4.74. The molecule has 0 bridgehead atoms. The molecule has 2 rings (SSSR count). The summed E-state index contributed by atoms with van der Waals surface area (Å²) in [6.45, 7) is 4.63. The average molecular weight is 353 g/mol. The molecule has 0 aromatic heterocycles. The summed E-state index contributed by atoms with van der Waals surface area (Å²) in [5, 5.41) is 0. The van der Waals surface area contributed by atoms with Gasteiger partial charge in [0.25, 0.3) is 5.91 Å². The molecule has 1 aliphatic carbocycles. The Bertz CT molecular complexity index is 680. The van der Waals surface area contributed by atoms with Crippen LogP contribution in [0, 0.1) is 12.8 Å². The summed E-state index contributed by atoms with van der Waals surface area (Å²) < 4.78 is 26.8. The number of benzene rings is 1. The topological polar surface area (TPSA) is 66.5 Å². The van der Waals surface area contributed by atoms with Gasteiger partial charge in [-0.1, -0.05) is 32.3 Å². The summed E-state index contributed by atoms with van der Waals surface area (Å²) >= 11 is 0. The van der Waals surface area contributed by atoms with Crippen LogP contribution in [0.15, 0.2) is 23.1 Å². The van der Waals surface area contributed by atoms with Crippen molar-refractivity contribution in [3.63, 3.8) is 0 Å². The number of carbonyl (C=O) groups excluding carboxylic acids is 1. The first kappa shape index (κ1) is 18.9. The third-order valence-corrected chi connectivity index (χ3v) is 6.23. The molecule has 0 spiro atoms. The molecule has 1 aliphatic rings. The van der Waals surface area contributed by atoms with Crippen molar-refractivity contribution in [3.05, 3.63) is 29.3 Å². The first-order valence-corrected chi connectivity index (χ1v) is 10.2. The number of sulfonamides is 1. The maximum Gasteiger partial charge on any atom is 0.253 e. The van der Waals surface area contributed by atoms with Crippen LogP contribution < -0.4 is 4.72 Å². The summed E-state index contributed by atoms with van der Waals surface area (Å²) in [6.07, 6.45) is 6.11. The first-order valence-electron chi connectivity index (χ1n) is 8.71. The molecule has 134 valence electrons. The molecule has 0 aliphatic heterocycles. The van der Waals surface area contributed by atoms with E-state index in [1.165, 1.54) is 38.2 Å². The largest absolute Gasteiger partial charge is 0.341 e. The Labute approximate surface area is 145 Å². The molecule has 6 heteroatoms. The summed E-state index contributed by atoms with van der Waals surface area (Å²) in [5.41, 5.74) is 1.26. The highest BCUT2D eigenvalue weighted by Gasteiger charge is 2.22. The molecule has 1 N–H and O–H groups in total. The third-order valence-electron chi connectivity index (χ3n) is 4.69. The Morgan fingerprint density at radius 2 is 1.92 bits per heavy atom. The number of amides is 1. The van der Waals surface area contributed by atoms with Crippen LogP contribution in [0.2, 0.25) is 0 Å². The van der Waals surface area contributed by atoms with E-state index in [1.54, 1.807) is 24.0 Å². The fourth-order valence-electron chi connectivity index (χ4n) is 3.32. The number of aryl methyl sites for hydroxylation is 1. The lowest BCUT2D eigenvalue weighted by molar-refractivity contribution is 0.0759. The summed E-state index contributed by atoms with van der Waals surface area (Å²) in [7, 11) is -1.75. The van der Waals surface area contributed by atoms with Crippen molar-refractivity contribution in [1.82, 2.24) is 9.62 Å².